The Morgan fingerprint density at radius 2 is 1.93 bits per heavy atom. The molecule has 4 nitrogen and oxygen atoms in total. The minimum Gasteiger partial charge on any atom is -0.296 e. The van der Waals surface area contributed by atoms with E-state index < -0.39 is 9.92 Å². The van der Waals surface area contributed by atoms with E-state index >= 15 is 0 Å². The Bertz CT molecular complexity index is 372. The Morgan fingerprint density at radius 3 is 2.43 bits per heavy atom. The van der Waals surface area contributed by atoms with Crippen molar-refractivity contribution in [2.24, 2.45) is 0 Å². The van der Waals surface area contributed by atoms with Crippen LogP contribution in [0.3, 0.4) is 0 Å². The van der Waals surface area contributed by atoms with Gasteiger partial charge in [0.05, 0.1) is 11.6 Å². The molecule has 0 aliphatic heterocycles. The van der Waals surface area contributed by atoms with E-state index in [-0.39, 0.29) is 0 Å². The number of hydrogen-bond donors (Lipinski definition) is 2. The molecular weight excluding hydrogens is 198 g/mol. The summed E-state index contributed by atoms with van der Waals surface area (Å²) in [5, 5.41) is 0. The number of nitrogens with zero attached hydrogens (tertiary/aromatic N) is 1. The highest BCUT2D eigenvalue weighted by Gasteiger charge is 2.07. The smallest absolute Gasteiger partial charge is 0.135 e. The van der Waals surface area contributed by atoms with Crippen LogP contribution < -0.4 is 4.72 Å². The Morgan fingerprint density at radius 1 is 1.36 bits per heavy atom. The molecule has 0 saturated carbocycles. The lowest BCUT2D eigenvalue weighted by molar-refractivity contribution is 0.403. The zero-order chi connectivity index (χ0) is 10.6. The highest BCUT2D eigenvalue weighted by Crippen LogP contribution is 2.07. The summed E-state index contributed by atoms with van der Waals surface area (Å²) in [7, 11) is 0.862. The largest absolute Gasteiger partial charge is 0.296 e. The molecule has 1 aromatic rings. The van der Waals surface area contributed by atoms with E-state index in [4.69, 9.17) is 4.78 Å². The SMILES string of the molecule is CN(C)CNS(=N)(=O)c1ccccc1. The van der Waals surface area contributed by atoms with Gasteiger partial charge in [-0.3, -0.25) is 4.90 Å². The monoisotopic (exact) mass is 213 g/mol. The summed E-state index contributed by atoms with van der Waals surface area (Å²) in [6.45, 7) is 0.428. The van der Waals surface area contributed by atoms with Crippen LogP contribution in [0, 0.1) is 4.78 Å². The second-order valence-electron chi connectivity index (χ2n) is 3.25. The molecule has 0 saturated heterocycles. The fourth-order valence-electron chi connectivity index (χ4n) is 0.915. The molecule has 0 aromatic heterocycles. The lowest BCUT2D eigenvalue weighted by Gasteiger charge is -2.13. The van der Waals surface area contributed by atoms with Gasteiger partial charge in [0.15, 0.2) is 0 Å². The van der Waals surface area contributed by atoms with Crippen LogP contribution in [-0.4, -0.2) is 29.9 Å². The Balaban J connectivity index is 2.77. The van der Waals surface area contributed by atoms with E-state index in [2.05, 4.69) is 4.72 Å². The van der Waals surface area contributed by atoms with Crippen LogP contribution in [0.15, 0.2) is 35.2 Å². The predicted octanol–water partition coefficient (Wildman–Crippen LogP) is 1.12. The van der Waals surface area contributed by atoms with Gasteiger partial charge in [-0.2, -0.15) is 0 Å². The normalized spacial score (nSPS) is 15.4. The van der Waals surface area contributed by atoms with E-state index in [0.717, 1.165) is 0 Å². The van der Waals surface area contributed by atoms with E-state index in [9.17, 15) is 4.21 Å². The maximum atomic E-state index is 11.8. The molecular formula is C9H15N3OS. The molecule has 5 heteroatoms. The molecule has 0 radical (unpaired) electrons. The fraction of sp³-hybridized carbons (Fsp3) is 0.333. The molecule has 2 N–H and O–H groups in total. The molecule has 0 spiro atoms. The van der Waals surface area contributed by atoms with Crippen molar-refractivity contribution in [2.45, 2.75) is 4.90 Å². The standard InChI is InChI=1S/C9H15N3OS/c1-12(2)8-11-14(10,13)9-6-4-3-5-7-9/h3-7H,8H2,1-2H3,(H2,10,11,13). The molecule has 0 fully saturated rings. The van der Waals surface area contributed by atoms with Crippen LogP contribution in [-0.2, 0) is 9.92 Å². The average Bonchev–Trinajstić information content (AvgIpc) is 2.16. The van der Waals surface area contributed by atoms with Crippen LogP contribution >= 0.6 is 0 Å². The van der Waals surface area contributed by atoms with E-state index in [1.54, 1.807) is 24.3 Å². The van der Waals surface area contributed by atoms with Gasteiger partial charge in [-0.05, 0) is 26.2 Å². The molecule has 0 heterocycles. The molecule has 1 aromatic carbocycles. The van der Waals surface area contributed by atoms with Gasteiger partial charge in [0.1, 0.15) is 9.92 Å². The van der Waals surface area contributed by atoms with Gasteiger partial charge in [-0.15, -0.1) is 0 Å². The summed E-state index contributed by atoms with van der Waals surface area (Å²) in [5.74, 6) is 0. The molecule has 1 rings (SSSR count). The number of hydrogen-bond acceptors (Lipinski definition) is 3. The lowest BCUT2D eigenvalue weighted by atomic mass is 10.4. The van der Waals surface area contributed by atoms with E-state index in [0.29, 0.717) is 11.6 Å². The lowest BCUT2D eigenvalue weighted by Crippen LogP contribution is -2.32. The Labute approximate surface area is 85.0 Å². The summed E-state index contributed by atoms with van der Waals surface area (Å²) in [4.78, 5) is 2.35. The third-order valence-electron chi connectivity index (χ3n) is 1.66. The molecule has 1 atom stereocenters. The second kappa shape index (κ2) is 4.54. The van der Waals surface area contributed by atoms with Crippen molar-refractivity contribution in [3.63, 3.8) is 0 Å². The fourth-order valence-corrected chi connectivity index (χ4v) is 2.06. The molecule has 0 aliphatic carbocycles. The molecule has 1 unspecified atom stereocenters. The van der Waals surface area contributed by atoms with Crippen LogP contribution in [0.4, 0.5) is 0 Å². The van der Waals surface area contributed by atoms with Crippen LogP contribution in [0.25, 0.3) is 0 Å². The van der Waals surface area contributed by atoms with Crippen molar-refractivity contribution < 1.29 is 4.21 Å². The van der Waals surface area contributed by atoms with Crippen LogP contribution in [0.1, 0.15) is 0 Å². The number of rotatable bonds is 4. The third kappa shape index (κ3) is 3.10. The quantitative estimate of drug-likeness (QED) is 0.736. The first kappa shape index (κ1) is 11.2. The average molecular weight is 213 g/mol. The van der Waals surface area contributed by atoms with Gasteiger partial charge in [0, 0.05) is 0 Å². The van der Waals surface area contributed by atoms with Crippen molar-refractivity contribution in [1.82, 2.24) is 9.62 Å². The van der Waals surface area contributed by atoms with Crippen molar-refractivity contribution >= 4 is 9.92 Å². The molecule has 0 aliphatic rings. The first-order valence-electron chi connectivity index (χ1n) is 4.25. The van der Waals surface area contributed by atoms with Gasteiger partial charge >= 0.3 is 0 Å². The minimum absolute atomic E-state index is 0.428. The number of nitrogens with one attached hydrogen (secondary N) is 2. The van der Waals surface area contributed by atoms with Crippen molar-refractivity contribution in [2.75, 3.05) is 20.8 Å². The van der Waals surface area contributed by atoms with Crippen molar-refractivity contribution in [1.29, 1.82) is 4.78 Å². The molecule has 0 bridgehead atoms. The Hall–Kier alpha value is -0.910. The van der Waals surface area contributed by atoms with Crippen LogP contribution in [0.2, 0.25) is 0 Å². The van der Waals surface area contributed by atoms with Gasteiger partial charge in [-0.1, -0.05) is 18.2 Å². The number of benzene rings is 1. The van der Waals surface area contributed by atoms with Gasteiger partial charge in [-0.25, -0.2) is 13.7 Å². The third-order valence-corrected chi connectivity index (χ3v) is 3.13. The zero-order valence-electron chi connectivity index (χ0n) is 8.36. The molecule has 0 amide bonds. The highest BCUT2D eigenvalue weighted by atomic mass is 32.2. The minimum atomic E-state index is -2.85. The van der Waals surface area contributed by atoms with Gasteiger partial charge in [0.2, 0.25) is 0 Å². The van der Waals surface area contributed by atoms with Gasteiger partial charge in [0.25, 0.3) is 0 Å². The zero-order valence-corrected chi connectivity index (χ0v) is 9.17. The second-order valence-corrected chi connectivity index (χ2v) is 5.12. The summed E-state index contributed by atoms with van der Waals surface area (Å²) in [5.41, 5.74) is 0. The summed E-state index contributed by atoms with van der Waals surface area (Å²) >= 11 is 0. The van der Waals surface area contributed by atoms with Crippen molar-refractivity contribution in [3.8, 4) is 0 Å². The first-order valence-corrected chi connectivity index (χ1v) is 5.81. The maximum Gasteiger partial charge on any atom is 0.135 e. The maximum absolute atomic E-state index is 11.8. The van der Waals surface area contributed by atoms with E-state index in [1.165, 1.54) is 0 Å². The van der Waals surface area contributed by atoms with E-state index in [1.807, 2.05) is 25.1 Å². The van der Waals surface area contributed by atoms with Crippen molar-refractivity contribution in [3.05, 3.63) is 30.3 Å². The molecule has 78 valence electrons. The summed E-state index contributed by atoms with van der Waals surface area (Å²) < 4.78 is 22.2. The Kier molecular flexibility index (Phi) is 3.62. The predicted molar refractivity (Wildman–Crippen MR) is 57.3 cm³/mol. The first-order chi connectivity index (χ1) is 6.52. The summed E-state index contributed by atoms with van der Waals surface area (Å²) in [6, 6.07) is 8.78. The van der Waals surface area contributed by atoms with Crippen LogP contribution in [0.5, 0.6) is 0 Å². The topological polar surface area (TPSA) is 56.2 Å². The highest BCUT2D eigenvalue weighted by molar-refractivity contribution is 7.90. The van der Waals surface area contributed by atoms with Gasteiger partial charge < -0.3 is 0 Å². The summed E-state index contributed by atoms with van der Waals surface area (Å²) in [6.07, 6.45) is 0. The molecule has 14 heavy (non-hydrogen) atoms.